The van der Waals surface area contributed by atoms with Gasteiger partial charge in [0.1, 0.15) is 0 Å². The first-order valence-corrected chi connectivity index (χ1v) is 10.3. The Hall–Kier alpha value is -3.08. The molecular formula is C25H29NO4. The summed E-state index contributed by atoms with van der Waals surface area (Å²) >= 11 is 0. The molecule has 1 amide bonds. The number of carbonyl (C=O) groups is 2. The van der Waals surface area contributed by atoms with Crippen molar-refractivity contribution in [2.75, 3.05) is 26.8 Å². The summed E-state index contributed by atoms with van der Waals surface area (Å²) in [5, 5.41) is 0. The first-order chi connectivity index (χ1) is 14.5. The van der Waals surface area contributed by atoms with Gasteiger partial charge in [-0.15, -0.1) is 6.58 Å². The molecule has 0 spiro atoms. The number of carbonyl (C=O) groups excluding carboxylic acids is 2. The van der Waals surface area contributed by atoms with Gasteiger partial charge in [-0.1, -0.05) is 42.0 Å². The van der Waals surface area contributed by atoms with E-state index in [9.17, 15) is 9.59 Å². The monoisotopic (exact) mass is 407 g/mol. The van der Waals surface area contributed by atoms with E-state index in [0.717, 1.165) is 23.1 Å². The highest BCUT2D eigenvalue weighted by Crippen LogP contribution is 2.29. The number of Topliss-reactive ketones (excluding diaryl/α,β-unsaturated/α-hetero) is 1. The fourth-order valence-electron chi connectivity index (χ4n) is 3.70. The van der Waals surface area contributed by atoms with Gasteiger partial charge in [-0.25, -0.2) is 0 Å². The number of nitrogens with zero attached hydrogens (tertiary/aromatic N) is 1. The van der Waals surface area contributed by atoms with Crippen molar-refractivity contribution < 1.29 is 19.1 Å². The number of allylic oxidation sites excluding steroid dienone is 1. The van der Waals surface area contributed by atoms with Crippen molar-refractivity contribution in [3.63, 3.8) is 0 Å². The van der Waals surface area contributed by atoms with Crippen LogP contribution in [0.3, 0.4) is 0 Å². The molecule has 0 N–H and O–H groups in total. The Morgan fingerprint density at radius 1 is 1.10 bits per heavy atom. The lowest BCUT2D eigenvalue weighted by Crippen LogP contribution is -2.42. The Labute approximate surface area is 178 Å². The predicted molar refractivity (Wildman–Crippen MR) is 117 cm³/mol. The third kappa shape index (κ3) is 5.29. The maximum absolute atomic E-state index is 12.7. The average Bonchev–Trinajstić information content (AvgIpc) is 2.78. The Morgan fingerprint density at radius 3 is 2.43 bits per heavy atom. The lowest BCUT2D eigenvalue weighted by molar-refractivity contribution is -0.134. The van der Waals surface area contributed by atoms with E-state index in [1.807, 2.05) is 55.5 Å². The zero-order chi connectivity index (χ0) is 21.5. The molecule has 0 radical (unpaired) electrons. The predicted octanol–water partition coefficient (Wildman–Crippen LogP) is 4.23. The molecule has 30 heavy (non-hydrogen) atoms. The van der Waals surface area contributed by atoms with Gasteiger partial charge in [-0.3, -0.25) is 9.59 Å². The Kier molecular flexibility index (Phi) is 7.28. The quantitative estimate of drug-likeness (QED) is 0.485. The summed E-state index contributed by atoms with van der Waals surface area (Å²) in [5.74, 6) is 1.21. The summed E-state index contributed by atoms with van der Waals surface area (Å²) in [6.45, 7) is 6.83. The fraction of sp³-hybridized carbons (Fsp3) is 0.360. The molecule has 0 aliphatic carbocycles. The zero-order valence-corrected chi connectivity index (χ0v) is 17.7. The molecule has 2 aromatic carbocycles. The minimum absolute atomic E-state index is 0.0322. The molecule has 3 rings (SSSR count). The van der Waals surface area contributed by atoms with Crippen LogP contribution in [-0.2, 0) is 11.2 Å². The number of aryl methyl sites for hydroxylation is 1. The Morgan fingerprint density at radius 2 is 1.80 bits per heavy atom. The third-order valence-electron chi connectivity index (χ3n) is 5.51. The molecule has 1 aliphatic rings. The minimum atomic E-state index is -0.0755. The second kappa shape index (κ2) is 10.1. The summed E-state index contributed by atoms with van der Waals surface area (Å²) in [5.41, 5.74) is 2.96. The molecule has 158 valence electrons. The van der Waals surface area contributed by atoms with Crippen LogP contribution in [0, 0.1) is 12.8 Å². The number of ketones is 1. The van der Waals surface area contributed by atoms with E-state index in [4.69, 9.17) is 9.47 Å². The SMILES string of the molecule is C=CCc1ccc(OCC(=O)N2CCC(C(=O)c3ccc(C)cc3)CC2)c(OC)c1. The standard InChI is InChI=1S/C25H29NO4/c1-4-5-19-8-11-22(23(16-19)29-3)30-17-24(27)26-14-12-21(13-15-26)25(28)20-9-6-18(2)7-10-20/h4,6-11,16,21H,1,5,12-15,17H2,2-3H3. The van der Waals surface area contributed by atoms with Crippen molar-refractivity contribution >= 4 is 11.7 Å². The van der Waals surface area contributed by atoms with Crippen molar-refractivity contribution in [1.82, 2.24) is 4.90 Å². The highest BCUT2D eigenvalue weighted by molar-refractivity contribution is 5.98. The maximum atomic E-state index is 12.7. The van der Waals surface area contributed by atoms with Gasteiger partial charge < -0.3 is 14.4 Å². The van der Waals surface area contributed by atoms with E-state index in [-0.39, 0.29) is 24.2 Å². The highest BCUT2D eigenvalue weighted by atomic mass is 16.5. The highest BCUT2D eigenvalue weighted by Gasteiger charge is 2.28. The van der Waals surface area contributed by atoms with E-state index in [1.165, 1.54) is 0 Å². The minimum Gasteiger partial charge on any atom is -0.493 e. The normalized spacial score (nSPS) is 14.3. The number of likely N-dealkylation sites (tertiary alicyclic amines) is 1. The van der Waals surface area contributed by atoms with Gasteiger partial charge in [-0.05, 0) is 43.9 Å². The fourth-order valence-corrected chi connectivity index (χ4v) is 3.70. The number of methoxy groups -OCH3 is 1. The second-order valence-corrected chi connectivity index (χ2v) is 7.65. The van der Waals surface area contributed by atoms with Gasteiger partial charge >= 0.3 is 0 Å². The molecular weight excluding hydrogens is 378 g/mol. The van der Waals surface area contributed by atoms with Crippen LogP contribution in [0.5, 0.6) is 11.5 Å². The van der Waals surface area contributed by atoms with Gasteiger partial charge in [-0.2, -0.15) is 0 Å². The van der Waals surface area contributed by atoms with Crippen molar-refractivity contribution in [1.29, 1.82) is 0 Å². The molecule has 1 aliphatic heterocycles. The van der Waals surface area contributed by atoms with E-state index < -0.39 is 0 Å². The van der Waals surface area contributed by atoms with Gasteiger partial charge in [0.15, 0.2) is 23.9 Å². The summed E-state index contributed by atoms with van der Waals surface area (Å²) in [4.78, 5) is 27.1. The molecule has 1 heterocycles. The summed E-state index contributed by atoms with van der Waals surface area (Å²) in [7, 11) is 1.58. The van der Waals surface area contributed by atoms with Gasteiger partial charge in [0, 0.05) is 24.6 Å². The molecule has 0 saturated carbocycles. The number of amides is 1. The van der Waals surface area contributed by atoms with Crippen molar-refractivity contribution in [3.8, 4) is 11.5 Å². The van der Waals surface area contributed by atoms with Crippen LogP contribution >= 0.6 is 0 Å². The number of hydrogen-bond donors (Lipinski definition) is 0. The van der Waals surface area contributed by atoms with Crippen molar-refractivity contribution in [2.45, 2.75) is 26.2 Å². The summed E-state index contributed by atoms with van der Waals surface area (Å²) in [6, 6.07) is 13.3. The molecule has 0 unspecified atom stereocenters. The number of rotatable bonds is 8. The van der Waals surface area contributed by atoms with Gasteiger partial charge in [0.25, 0.3) is 5.91 Å². The van der Waals surface area contributed by atoms with Gasteiger partial charge in [0.2, 0.25) is 0 Å². The van der Waals surface area contributed by atoms with Crippen LogP contribution in [0.1, 0.15) is 34.3 Å². The first kappa shape index (κ1) is 21.6. The van der Waals surface area contributed by atoms with E-state index in [0.29, 0.717) is 37.4 Å². The molecule has 1 saturated heterocycles. The molecule has 1 fully saturated rings. The number of piperidine rings is 1. The Balaban J connectivity index is 1.51. The van der Waals surface area contributed by atoms with Crippen LogP contribution in [0.15, 0.2) is 55.1 Å². The number of benzene rings is 2. The summed E-state index contributed by atoms with van der Waals surface area (Å²) in [6.07, 6.45) is 3.92. The van der Waals surface area contributed by atoms with E-state index in [2.05, 4.69) is 6.58 Å². The van der Waals surface area contributed by atoms with Crippen LogP contribution < -0.4 is 9.47 Å². The number of ether oxygens (including phenoxy) is 2. The lowest BCUT2D eigenvalue weighted by Gasteiger charge is -2.31. The molecule has 0 atom stereocenters. The molecule has 5 heteroatoms. The van der Waals surface area contributed by atoms with Crippen molar-refractivity contribution in [3.05, 3.63) is 71.8 Å². The van der Waals surface area contributed by atoms with Crippen LogP contribution in [0.4, 0.5) is 0 Å². The lowest BCUT2D eigenvalue weighted by atomic mass is 9.88. The van der Waals surface area contributed by atoms with Crippen LogP contribution in [-0.4, -0.2) is 43.4 Å². The van der Waals surface area contributed by atoms with Crippen molar-refractivity contribution in [2.24, 2.45) is 5.92 Å². The van der Waals surface area contributed by atoms with Crippen LogP contribution in [0.2, 0.25) is 0 Å². The Bertz CT molecular complexity index is 896. The second-order valence-electron chi connectivity index (χ2n) is 7.65. The first-order valence-electron chi connectivity index (χ1n) is 10.3. The molecule has 0 aromatic heterocycles. The van der Waals surface area contributed by atoms with Gasteiger partial charge in [0.05, 0.1) is 7.11 Å². The van der Waals surface area contributed by atoms with Crippen LogP contribution in [0.25, 0.3) is 0 Å². The largest absolute Gasteiger partial charge is 0.493 e. The smallest absolute Gasteiger partial charge is 0.260 e. The topological polar surface area (TPSA) is 55.8 Å². The van der Waals surface area contributed by atoms with E-state index in [1.54, 1.807) is 12.0 Å². The maximum Gasteiger partial charge on any atom is 0.260 e. The average molecular weight is 408 g/mol. The molecule has 0 bridgehead atoms. The third-order valence-corrected chi connectivity index (χ3v) is 5.51. The molecule has 5 nitrogen and oxygen atoms in total. The van der Waals surface area contributed by atoms with E-state index >= 15 is 0 Å². The zero-order valence-electron chi connectivity index (χ0n) is 17.7. The number of hydrogen-bond acceptors (Lipinski definition) is 4. The molecule has 2 aromatic rings. The summed E-state index contributed by atoms with van der Waals surface area (Å²) < 4.78 is 11.1.